The monoisotopic (exact) mass is 403 g/mol. The van der Waals surface area contributed by atoms with Gasteiger partial charge in [0.15, 0.2) is 0 Å². The second kappa shape index (κ2) is 8.46. The highest BCUT2D eigenvalue weighted by Crippen LogP contribution is 2.37. The van der Waals surface area contributed by atoms with Crippen LogP contribution >= 0.6 is 0 Å². The SMILES string of the molecule is O=C(NCc1ccccn1)C1CCCN(c2nc3ccccc3n2C2CCCC2)C1. The van der Waals surface area contributed by atoms with Crippen molar-refractivity contribution in [3.63, 3.8) is 0 Å². The van der Waals surface area contributed by atoms with Gasteiger partial charge in [-0.15, -0.1) is 0 Å². The van der Waals surface area contributed by atoms with Crippen LogP contribution in [0.3, 0.4) is 0 Å². The van der Waals surface area contributed by atoms with E-state index >= 15 is 0 Å². The normalized spacial score (nSPS) is 20.0. The van der Waals surface area contributed by atoms with E-state index in [4.69, 9.17) is 4.98 Å². The van der Waals surface area contributed by atoms with Gasteiger partial charge in [0.05, 0.1) is 29.2 Å². The molecule has 1 N–H and O–H groups in total. The number of hydrogen-bond acceptors (Lipinski definition) is 4. The number of aromatic nitrogens is 3. The van der Waals surface area contributed by atoms with E-state index in [0.717, 1.165) is 43.1 Å². The Labute approximate surface area is 177 Å². The number of carbonyl (C=O) groups excluding carboxylic acids is 1. The van der Waals surface area contributed by atoms with Crippen LogP contribution in [0.1, 0.15) is 50.3 Å². The Hall–Kier alpha value is -2.89. The summed E-state index contributed by atoms with van der Waals surface area (Å²) in [5, 5.41) is 3.08. The molecule has 1 aromatic carbocycles. The van der Waals surface area contributed by atoms with Gasteiger partial charge in [-0.05, 0) is 49.9 Å². The largest absolute Gasteiger partial charge is 0.350 e. The van der Waals surface area contributed by atoms with E-state index < -0.39 is 0 Å². The van der Waals surface area contributed by atoms with Crippen LogP contribution in [-0.2, 0) is 11.3 Å². The summed E-state index contributed by atoms with van der Waals surface area (Å²) in [6, 6.07) is 14.7. The third-order valence-electron chi connectivity index (χ3n) is 6.51. The van der Waals surface area contributed by atoms with Crippen molar-refractivity contribution in [2.24, 2.45) is 5.92 Å². The highest BCUT2D eigenvalue weighted by molar-refractivity contribution is 5.81. The third-order valence-corrected chi connectivity index (χ3v) is 6.51. The highest BCUT2D eigenvalue weighted by Gasteiger charge is 2.31. The minimum absolute atomic E-state index is 0.0145. The van der Waals surface area contributed by atoms with Crippen LogP contribution in [0.15, 0.2) is 48.7 Å². The molecule has 0 spiro atoms. The van der Waals surface area contributed by atoms with Gasteiger partial charge in [0.25, 0.3) is 0 Å². The first kappa shape index (κ1) is 19.1. The van der Waals surface area contributed by atoms with Gasteiger partial charge < -0.3 is 14.8 Å². The Morgan fingerprint density at radius 3 is 2.70 bits per heavy atom. The number of benzene rings is 1. The van der Waals surface area contributed by atoms with Gasteiger partial charge in [-0.3, -0.25) is 9.78 Å². The number of carbonyl (C=O) groups is 1. The number of para-hydroxylation sites is 2. The van der Waals surface area contributed by atoms with Gasteiger partial charge in [-0.2, -0.15) is 0 Å². The molecule has 6 nitrogen and oxygen atoms in total. The van der Waals surface area contributed by atoms with Crippen molar-refractivity contribution in [3.8, 4) is 0 Å². The summed E-state index contributed by atoms with van der Waals surface area (Å²) in [7, 11) is 0. The predicted molar refractivity (Wildman–Crippen MR) is 118 cm³/mol. The van der Waals surface area contributed by atoms with E-state index in [0.29, 0.717) is 12.6 Å². The molecule has 1 saturated heterocycles. The summed E-state index contributed by atoms with van der Waals surface area (Å²) in [5.41, 5.74) is 3.17. The van der Waals surface area contributed by atoms with Crippen LogP contribution in [-0.4, -0.2) is 33.5 Å². The number of rotatable bonds is 5. The standard InChI is InChI=1S/C24H29N5O/c30-23(26-16-19-9-5-6-14-25-19)18-8-7-15-28(17-18)24-27-21-12-3-4-13-22(21)29(24)20-10-1-2-11-20/h3-6,9,12-14,18,20H,1-2,7-8,10-11,15-17H2,(H,26,30). The Morgan fingerprint density at radius 1 is 1.03 bits per heavy atom. The Balaban J connectivity index is 1.35. The van der Waals surface area contributed by atoms with E-state index in [1.54, 1.807) is 6.20 Å². The molecule has 1 aliphatic carbocycles. The third kappa shape index (κ3) is 3.78. The number of nitrogens with one attached hydrogen (secondary N) is 1. The number of piperidine rings is 1. The van der Waals surface area contributed by atoms with Crippen molar-refractivity contribution in [1.82, 2.24) is 19.9 Å². The van der Waals surface area contributed by atoms with Crippen LogP contribution in [0, 0.1) is 5.92 Å². The molecule has 1 aliphatic heterocycles. The summed E-state index contributed by atoms with van der Waals surface area (Å²) in [5.74, 6) is 1.15. The number of anilines is 1. The molecule has 1 amide bonds. The van der Waals surface area contributed by atoms with Crippen molar-refractivity contribution in [2.75, 3.05) is 18.0 Å². The summed E-state index contributed by atoms with van der Waals surface area (Å²) in [6.07, 6.45) is 8.70. The van der Waals surface area contributed by atoms with E-state index in [9.17, 15) is 4.79 Å². The fraction of sp³-hybridized carbons (Fsp3) is 0.458. The molecule has 1 atom stereocenters. The van der Waals surface area contributed by atoms with Crippen LogP contribution in [0.5, 0.6) is 0 Å². The van der Waals surface area contributed by atoms with E-state index in [1.807, 2.05) is 18.2 Å². The lowest BCUT2D eigenvalue weighted by atomic mass is 9.97. The molecule has 156 valence electrons. The molecule has 2 aromatic heterocycles. The Bertz CT molecular complexity index is 1010. The molecule has 5 rings (SSSR count). The Kier molecular flexibility index (Phi) is 5.39. The molecule has 1 unspecified atom stereocenters. The predicted octanol–water partition coefficient (Wildman–Crippen LogP) is 4.08. The maximum Gasteiger partial charge on any atom is 0.225 e. The molecule has 3 aromatic rings. The molecule has 1 saturated carbocycles. The number of hydrogen-bond donors (Lipinski definition) is 1. The zero-order valence-electron chi connectivity index (χ0n) is 17.3. The lowest BCUT2D eigenvalue weighted by molar-refractivity contribution is -0.125. The molecule has 6 heteroatoms. The van der Waals surface area contributed by atoms with E-state index in [-0.39, 0.29) is 11.8 Å². The molecule has 30 heavy (non-hydrogen) atoms. The van der Waals surface area contributed by atoms with Crippen molar-refractivity contribution in [3.05, 3.63) is 54.4 Å². The fourth-order valence-electron chi connectivity index (χ4n) is 4.97. The first-order valence-corrected chi connectivity index (χ1v) is 11.2. The summed E-state index contributed by atoms with van der Waals surface area (Å²) < 4.78 is 2.45. The van der Waals surface area contributed by atoms with Crippen molar-refractivity contribution >= 4 is 22.9 Å². The fourth-order valence-corrected chi connectivity index (χ4v) is 4.97. The van der Waals surface area contributed by atoms with Gasteiger partial charge in [0.2, 0.25) is 11.9 Å². The number of imidazole rings is 1. The van der Waals surface area contributed by atoms with Gasteiger partial charge in [-0.1, -0.05) is 31.0 Å². The molecule has 2 aliphatic rings. The van der Waals surface area contributed by atoms with E-state index in [1.165, 1.54) is 31.2 Å². The molecule has 3 heterocycles. The van der Waals surface area contributed by atoms with Crippen molar-refractivity contribution < 1.29 is 4.79 Å². The molecule has 0 bridgehead atoms. The molecule has 0 radical (unpaired) electrons. The molecular weight excluding hydrogens is 374 g/mol. The Morgan fingerprint density at radius 2 is 1.87 bits per heavy atom. The maximum atomic E-state index is 12.9. The van der Waals surface area contributed by atoms with Gasteiger partial charge in [-0.25, -0.2) is 4.98 Å². The van der Waals surface area contributed by atoms with E-state index in [2.05, 4.69) is 44.0 Å². The number of nitrogens with zero attached hydrogens (tertiary/aromatic N) is 4. The summed E-state index contributed by atoms with van der Waals surface area (Å²) in [6.45, 7) is 2.17. The number of pyridine rings is 1. The minimum atomic E-state index is -0.0145. The van der Waals surface area contributed by atoms with Crippen LogP contribution in [0.25, 0.3) is 11.0 Å². The second-order valence-electron chi connectivity index (χ2n) is 8.53. The van der Waals surface area contributed by atoms with Crippen molar-refractivity contribution in [2.45, 2.75) is 51.1 Å². The van der Waals surface area contributed by atoms with Crippen LogP contribution < -0.4 is 10.2 Å². The lowest BCUT2D eigenvalue weighted by Gasteiger charge is -2.34. The number of amides is 1. The quantitative estimate of drug-likeness (QED) is 0.697. The molecule has 2 fully saturated rings. The number of fused-ring (bicyclic) bond motifs is 1. The smallest absolute Gasteiger partial charge is 0.225 e. The van der Waals surface area contributed by atoms with Gasteiger partial charge >= 0.3 is 0 Å². The van der Waals surface area contributed by atoms with Crippen molar-refractivity contribution in [1.29, 1.82) is 0 Å². The van der Waals surface area contributed by atoms with Gasteiger partial charge in [0, 0.05) is 25.3 Å². The van der Waals surface area contributed by atoms with Crippen LogP contribution in [0.2, 0.25) is 0 Å². The van der Waals surface area contributed by atoms with Gasteiger partial charge in [0.1, 0.15) is 0 Å². The minimum Gasteiger partial charge on any atom is -0.350 e. The topological polar surface area (TPSA) is 63.1 Å². The zero-order chi connectivity index (χ0) is 20.3. The second-order valence-corrected chi connectivity index (χ2v) is 8.53. The summed E-state index contributed by atoms with van der Waals surface area (Å²) in [4.78, 5) is 24.5. The first-order valence-electron chi connectivity index (χ1n) is 11.2. The van der Waals surface area contributed by atoms with Crippen LogP contribution in [0.4, 0.5) is 5.95 Å². The average Bonchev–Trinajstić information content (AvgIpc) is 3.46. The average molecular weight is 404 g/mol. The first-order chi connectivity index (χ1) is 14.8. The lowest BCUT2D eigenvalue weighted by Crippen LogP contribution is -2.44. The summed E-state index contributed by atoms with van der Waals surface area (Å²) >= 11 is 0. The molecular formula is C24H29N5O. The highest BCUT2D eigenvalue weighted by atomic mass is 16.1. The maximum absolute atomic E-state index is 12.9. The zero-order valence-corrected chi connectivity index (χ0v) is 17.3.